The first kappa shape index (κ1) is 7.60. The third-order valence-corrected chi connectivity index (χ3v) is 1.34. The molecular formula is C6H11N3S. The van der Waals surface area contributed by atoms with E-state index in [2.05, 4.69) is 37.0 Å². The maximum Gasteiger partial charge on any atom is 0.0840 e. The van der Waals surface area contributed by atoms with Gasteiger partial charge in [0.15, 0.2) is 0 Å². The molecule has 0 saturated heterocycles. The smallest absolute Gasteiger partial charge is 0.0840 e. The van der Waals surface area contributed by atoms with E-state index >= 15 is 0 Å². The van der Waals surface area contributed by atoms with Crippen LogP contribution in [0.3, 0.4) is 0 Å². The van der Waals surface area contributed by atoms with Crippen LogP contribution in [0, 0.1) is 5.92 Å². The van der Waals surface area contributed by atoms with Gasteiger partial charge in [-0.25, -0.2) is 0 Å². The highest BCUT2D eigenvalue weighted by atomic mass is 32.1. The molecule has 1 heterocycles. The summed E-state index contributed by atoms with van der Waals surface area (Å²) in [4.78, 5) is 0. The van der Waals surface area contributed by atoms with Crippen LogP contribution in [0.4, 0.5) is 0 Å². The Hall–Kier alpha value is -0.510. The summed E-state index contributed by atoms with van der Waals surface area (Å²) >= 11 is 3.97. The average Bonchev–Trinajstić information content (AvgIpc) is 2.13. The average molecular weight is 157 g/mol. The summed E-state index contributed by atoms with van der Waals surface area (Å²) < 4.78 is 1.43. The lowest BCUT2D eigenvalue weighted by molar-refractivity contribution is 0.633. The molecule has 1 aromatic rings. The van der Waals surface area contributed by atoms with Gasteiger partial charge in [0.2, 0.25) is 0 Å². The van der Waals surface area contributed by atoms with Gasteiger partial charge in [0.1, 0.15) is 0 Å². The molecule has 0 saturated carbocycles. The molecule has 0 unspecified atom stereocenters. The Bertz CT molecular complexity index is 207. The summed E-state index contributed by atoms with van der Waals surface area (Å²) in [5.41, 5.74) is 1.00. The first-order chi connectivity index (χ1) is 4.68. The highest BCUT2D eigenvalue weighted by Crippen LogP contribution is 2.03. The summed E-state index contributed by atoms with van der Waals surface area (Å²) in [6.45, 7) is 4.30. The van der Waals surface area contributed by atoms with Crippen LogP contribution in [0.15, 0.2) is 6.20 Å². The molecule has 4 heteroatoms. The van der Waals surface area contributed by atoms with E-state index in [0.29, 0.717) is 5.92 Å². The maximum atomic E-state index is 3.97. The van der Waals surface area contributed by atoms with Crippen LogP contribution < -0.4 is 0 Å². The van der Waals surface area contributed by atoms with Gasteiger partial charge in [0, 0.05) is 0 Å². The van der Waals surface area contributed by atoms with E-state index in [-0.39, 0.29) is 0 Å². The van der Waals surface area contributed by atoms with Crippen molar-refractivity contribution in [1.82, 2.24) is 14.4 Å². The number of rotatable bonds is 2. The lowest BCUT2D eigenvalue weighted by Crippen LogP contribution is -1.93. The molecule has 0 radical (unpaired) electrons. The molecule has 0 aliphatic carbocycles. The van der Waals surface area contributed by atoms with Crippen LogP contribution in [0.5, 0.6) is 0 Å². The predicted octanol–water partition coefficient (Wildman–Crippen LogP) is 1.17. The maximum absolute atomic E-state index is 3.97. The fourth-order valence-corrected chi connectivity index (χ4v) is 0.973. The topological polar surface area (TPSA) is 30.7 Å². The Kier molecular flexibility index (Phi) is 2.32. The first-order valence-electron chi connectivity index (χ1n) is 3.29. The highest BCUT2D eigenvalue weighted by molar-refractivity contribution is 7.78. The molecular weight excluding hydrogens is 146 g/mol. The van der Waals surface area contributed by atoms with Crippen molar-refractivity contribution in [2.75, 3.05) is 0 Å². The first-order valence-corrected chi connectivity index (χ1v) is 3.69. The highest BCUT2D eigenvalue weighted by Gasteiger charge is 2.00. The normalized spacial score (nSPS) is 10.8. The van der Waals surface area contributed by atoms with E-state index in [0.717, 1.165) is 12.1 Å². The molecule has 0 amide bonds. The lowest BCUT2D eigenvalue weighted by atomic mass is 10.1. The third-order valence-electron chi connectivity index (χ3n) is 1.15. The van der Waals surface area contributed by atoms with Crippen LogP contribution in [-0.2, 0) is 6.42 Å². The number of nitrogens with zero attached hydrogens (tertiary/aromatic N) is 3. The molecule has 0 atom stereocenters. The second-order valence-corrected chi connectivity index (χ2v) is 3.14. The van der Waals surface area contributed by atoms with Crippen LogP contribution >= 0.6 is 12.8 Å². The monoisotopic (exact) mass is 157 g/mol. The van der Waals surface area contributed by atoms with E-state index in [4.69, 9.17) is 0 Å². The van der Waals surface area contributed by atoms with Gasteiger partial charge in [-0.1, -0.05) is 19.1 Å². The molecule has 0 N–H and O–H groups in total. The van der Waals surface area contributed by atoms with Crippen LogP contribution in [0.25, 0.3) is 0 Å². The number of hydrogen-bond donors (Lipinski definition) is 1. The largest absolute Gasteiger partial charge is 0.197 e. The minimum absolute atomic E-state index is 0.630. The van der Waals surface area contributed by atoms with Gasteiger partial charge >= 0.3 is 0 Å². The Balaban J connectivity index is 2.58. The molecule has 0 spiro atoms. The zero-order valence-electron chi connectivity index (χ0n) is 6.15. The molecule has 1 aromatic heterocycles. The van der Waals surface area contributed by atoms with Crippen molar-refractivity contribution in [2.45, 2.75) is 20.3 Å². The Morgan fingerprint density at radius 1 is 1.70 bits per heavy atom. The molecule has 0 aliphatic rings. The Morgan fingerprint density at radius 3 is 2.80 bits per heavy atom. The van der Waals surface area contributed by atoms with Crippen LogP contribution in [-0.4, -0.2) is 14.4 Å². The van der Waals surface area contributed by atoms with Crippen LogP contribution in [0.1, 0.15) is 19.5 Å². The molecule has 0 aromatic carbocycles. The fourth-order valence-electron chi connectivity index (χ4n) is 0.800. The van der Waals surface area contributed by atoms with E-state index in [1.807, 2.05) is 6.20 Å². The van der Waals surface area contributed by atoms with Gasteiger partial charge in [0.05, 0.1) is 11.9 Å². The molecule has 0 aliphatic heterocycles. The van der Waals surface area contributed by atoms with Crippen molar-refractivity contribution in [3.8, 4) is 0 Å². The second-order valence-electron chi connectivity index (χ2n) is 2.73. The van der Waals surface area contributed by atoms with Crippen molar-refractivity contribution >= 4 is 12.8 Å². The van der Waals surface area contributed by atoms with Crippen molar-refractivity contribution in [2.24, 2.45) is 5.92 Å². The summed E-state index contributed by atoms with van der Waals surface area (Å²) in [6, 6.07) is 0. The SMILES string of the molecule is CC(C)Cc1cn(S)nn1. The van der Waals surface area contributed by atoms with Crippen molar-refractivity contribution in [3.05, 3.63) is 11.9 Å². The van der Waals surface area contributed by atoms with E-state index in [1.54, 1.807) is 0 Å². The van der Waals surface area contributed by atoms with Gasteiger partial charge in [-0.05, 0) is 25.2 Å². The molecule has 10 heavy (non-hydrogen) atoms. The quantitative estimate of drug-likeness (QED) is 0.653. The van der Waals surface area contributed by atoms with Crippen LogP contribution in [0.2, 0.25) is 0 Å². The summed E-state index contributed by atoms with van der Waals surface area (Å²) in [6.07, 6.45) is 2.80. The van der Waals surface area contributed by atoms with Gasteiger partial charge < -0.3 is 0 Å². The minimum atomic E-state index is 0.630. The molecule has 0 fully saturated rings. The number of aromatic nitrogens is 3. The number of thiol groups is 1. The van der Waals surface area contributed by atoms with E-state index in [1.165, 1.54) is 4.09 Å². The molecule has 1 rings (SSSR count). The summed E-state index contributed by atoms with van der Waals surface area (Å²) in [5, 5.41) is 7.59. The van der Waals surface area contributed by atoms with E-state index in [9.17, 15) is 0 Å². The van der Waals surface area contributed by atoms with Crippen molar-refractivity contribution < 1.29 is 0 Å². The molecule has 3 nitrogen and oxygen atoms in total. The van der Waals surface area contributed by atoms with Crippen molar-refractivity contribution in [3.63, 3.8) is 0 Å². The zero-order chi connectivity index (χ0) is 7.56. The summed E-state index contributed by atoms with van der Waals surface area (Å²) in [7, 11) is 0. The summed E-state index contributed by atoms with van der Waals surface area (Å²) in [5.74, 6) is 0.630. The van der Waals surface area contributed by atoms with E-state index < -0.39 is 0 Å². The number of hydrogen-bond acceptors (Lipinski definition) is 3. The third kappa shape index (κ3) is 2.02. The fraction of sp³-hybridized carbons (Fsp3) is 0.667. The Labute approximate surface area is 66.0 Å². The van der Waals surface area contributed by atoms with Gasteiger partial charge in [-0.3, -0.25) is 0 Å². The predicted molar refractivity (Wildman–Crippen MR) is 42.9 cm³/mol. The standard InChI is InChI=1S/C6H11N3S/c1-5(2)3-6-4-9(10)8-7-6/h4-5,10H,3H2,1-2H3. The molecule has 0 bridgehead atoms. The van der Waals surface area contributed by atoms with Crippen molar-refractivity contribution in [1.29, 1.82) is 0 Å². The lowest BCUT2D eigenvalue weighted by Gasteiger charge is -1.96. The second kappa shape index (κ2) is 3.05. The van der Waals surface area contributed by atoms with Gasteiger partial charge in [0.25, 0.3) is 0 Å². The molecule has 56 valence electrons. The zero-order valence-corrected chi connectivity index (χ0v) is 7.05. The minimum Gasteiger partial charge on any atom is -0.197 e. The van der Waals surface area contributed by atoms with Gasteiger partial charge in [-0.2, -0.15) is 4.09 Å². The van der Waals surface area contributed by atoms with Gasteiger partial charge in [-0.15, -0.1) is 5.10 Å². The Morgan fingerprint density at radius 2 is 2.40 bits per heavy atom.